The molecule has 11 heteroatoms. The van der Waals surface area contributed by atoms with E-state index in [4.69, 9.17) is 49.3 Å². The molecule has 19 aromatic rings. The van der Waals surface area contributed by atoms with Crippen molar-refractivity contribution in [3.05, 3.63) is 309 Å². The zero-order valence-corrected chi connectivity index (χ0v) is 49.1. The van der Waals surface area contributed by atoms with Crippen LogP contribution in [0.1, 0.15) is 20.6 Å². The van der Waals surface area contributed by atoms with Crippen LogP contribution in [0.15, 0.2) is 318 Å². The molecule has 0 atom stereocenters. The number of hydrogen-bond acceptors (Lipinski definition) is 9. The lowest BCUT2D eigenvalue weighted by Crippen LogP contribution is -2.01. The number of aromatic nitrogens is 9. The number of hydrogen-bond donors (Lipinski definition) is 0. The van der Waals surface area contributed by atoms with E-state index >= 15 is 0 Å². The highest BCUT2D eigenvalue weighted by Gasteiger charge is 2.21. The fraction of sp³-hybridized carbons (Fsp3) is 0. The third-order valence-corrected chi connectivity index (χ3v) is 16.7. The van der Waals surface area contributed by atoms with E-state index in [9.17, 15) is 0 Å². The minimum Gasteiger partial charge on any atom is -0.456 e. The molecule has 0 aliphatic rings. The molecule has 0 amide bonds. The van der Waals surface area contributed by atoms with Gasteiger partial charge in [-0.05, 0) is 96.1 Å². The second-order valence-corrected chi connectivity index (χ2v) is 22.1. The quantitative estimate of drug-likeness (QED) is 0.139. The highest BCUT2D eigenvalue weighted by atomic mass is 16.3. The van der Waals surface area contributed by atoms with Gasteiger partial charge in [-0.25, -0.2) is 34.9 Å². The average Bonchev–Trinajstić information content (AvgIpc) is 1.58. The van der Waals surface area contributed by atoms with Crippen LogP contribution in [0.5, 0.6) is 0 Å². The van der Waals surface area contributed by atoms with Crippen molar-refractivity contribution in [2.75, 3.05) is 0 Å². The summed E-state index contributed by atoms with van der Waals surface area (Å²) in [6.07, 6.45) is 1.51. The van der Waals surface area contributed by atoms with Gasteiger partial charge >= 0.3 is 0 Å². The molecule has 0 bridgehead atoms. The van der Waals surface area contributed by atoms with Crippen LogP contribution < -0.4 is 0 Å². The van der Waals surface area contributed by atoms with Crippen molar-refractivity contribution in [1.82, 2.24) is 44.0 Å². The van der Waals surface area contributed by atoms with E-state index in [0.29, 0.717) is 34.2 Å². The Hall–Kier alpha value is -13.0. The standard InChI is InChI=1S/C45H28N4O.C38H23N5O/c1-3-11-29(12-4-1)30-19-21-32(22-20-30)44-46-43(31-13-5-2-6-14-31)47-45(48-44)33-23-25-34(26-24-33)49-39-17-9-7-15-35(39)37-28-42-38(27-40(37)49)36-16-8-10-18-41(36)50-42;1-3-11-24(12-4-1)36-40-37(25-13-5-2-6-14-25)42-38(41-36)26-19-20-35(39-23-26)43-31-17-9-7-15-27(31)29-22-34-30(21-32(29)43)28-16-8-10-18-33(28)44-34/h1-28H;1-23H/i2D,5D,6D,13D,14D;1D,2D,3D,4D,5D,6D,11D,12D,13D,14D. The molecule has 0 aliphatic heterocycles. The number of nitrogens with zero attached hydrogens (tertiary/aromatic N) is 9. The topological polar surface area (TPSA) is 126 Å². The van der Waals surface area contributed by atoms with Gasteiger partial charge < -0.3 is 13.4 Å². The predicted octanol–water partition coefficient (Wildman–Crippen LogP) is 20.8. The van der Waals surface area contributed by atoms with E-state index in [-0.39, 0.29) is 52.1 Å². The zero-order chi connectivity index (χ0) is 75.1. The Morgan fingerprint density at radius 3 is 1.11 bits per heavy atom. The summed E-state index contributed by atoms with van der Waals surface area (Å²) in [7, 11) is 0. The van der Waals surface area contributed by atoms with E-state index in [1.165, 1.54) is 6.20 Å². The third-order valence-electron chi connectivity index (χ3n) is 16.7. The van der Waals surface area contributed by atoms with Gasteiger partial charge in [0.05, 0.1) is 42.6 Å². The smallest absolute Gasteiger partial charge is 0.165 e. The molecule has 0 saturated carbocycles. The summed E-state index contributed by atoms with van der Waals surface area (Å²) in [5.41, 5.74) is 11.0. The zero-order valence-electron chi connectivity index (χ0n) is 64.1. The van der Waals surface area contributed by atoms with Crippen LogP contribution in [-0.4, -0.2) is 44.0 Å². The van der Waals surface area contributed by atoms with Gasteiger partial charge in [0.15, 0.2) is 34.9 Å². The fourth-order valence-electron chi connectivity index (χ4n) is 12.3. The Balaban J connectivity index is 0.000000153. The molecular weight excluding hydrogens is 1150 g/mol. The van der Waals surface area contributed by atoms with Gasteiger partial charge in [-0.15, -0.1) is 0 Å². The summed E-state index contributed by atoms with van der Waals surface area (Å²) < 4.78 is 142. The van der Waals surface area contributed by atoms with Gasteiger partial charge in [0.2, 0.25) is 0 Å². The molecule has 11 nitrogen and oxygen atoms in total. The number of benzene rings is 12. The molecule has 7 aromatic heterocycles. The second-order valence-electron chi connectivity index (χ2n) is 22.1. The number of pyridine rings is 1. The van der Waals surface area contributed by atoms with E-state index in [1.807, 2.05) is 168 Å². The summed E-state index contributed by atoms with van der Waals surface area (Å²) in [6, 6.07) is 61.6. The maximum atomic E-state index is 8.69. The predicted molar refractivity (Wildman–Crippen MR) is 379 cm³/mol. The van der Waals surface area contributed by atoms with Crippen LogP contribution >= 0.6 is 0 Å². The normalized spacial score (nSPS) is 13.9. The van der Waals surface area contributed by atoms with E-state index in [2.05, 4.69) is 55.9 Å². The number of rotatable bonds is 9. The lowest BCUT2D eigenvalue weighted by atomic mass is 10.0. The van der Waals surface area contributed by atoms with Gasteiger partial charge in [-0.3, -0.25) is 4.57 Å². The summed E-state index contributed by atoms with van der Waals surface area (Å²) >= 11 is 0. The highest BCUT2D eigenvalue weighted by Crippen LogP contribution is 2.41. The molecule has 12 aromatic carbocycles. The first-order chi connectivity index (χ1) is 52.8. The van der Waals surface area contributed by atoms with Crippen LogP contribution in [0.2, 0.25) is 0 Å². The van der Waals surface area contributed by atoms with Gasteiger partial charge in [0.1, 0.15) is 28.1 Å². The summed E-state index contributed by atoms with van der Waals surface area (Å²) in [5.74, 6) is 0.410. The summed E-state index contributed by atoms with van der Waals surface area (Å²) in [6.45, 7) is 0. The summed E-state index contributed by atoms with van der Waals surface area (Å²) in [5, 5.41) is 8.16. The Bertz CT molecular complexity index is 6880. The molecule has 0 unspecified atom stereocenters. The monoisotopic (exact) mass is 1220 g/mol. The van der Waals surface area contributed by atoms with Crippen LogP contribution in [0.25, 0.3) is 178 Å². The van der Waals surface area contributed by atoms with E-state index in [0.717, 1.165) is 104 Å². The minimum atomic E-state index is -0.616. The van der Waals surface area contributed by atoms with Crippen molar-refractivity contribution >= 4 is 87.5 Å². The fourth-order valence-corrected chi connectivity index (χ4v) is 12.3. The van der Waals surface area contributed by atoms with Crippen molar-refractivity contribution in [3.63, 3.8) is 0 Å². The van der Waals surface area contributed by atoms with Crippen LogP contribution in [-0.2, 0) is 0 Å². The lowest BCUT2D eigenvalue weighted by molar-refractivity contribution is 0.669. The van der Waals surface area contributed by atoms with E-state index < -0.39 is 78.6 Å². The minimum absolute atomic E-state index is 0.00744. The molecule has 0 N–H and O–H groups in total. The molecular formula is C83H51N9O2. The van der Waals surface area contributed by atoms with Crippen LogP contribution in [0.4, 0.5) is 0 Å². The van der Waals surface area contributed by atoms with Crippen molar-refractivity contribution in [3.8, 4) is 91.0 Å². The maximum Gasteiger partial charge on any atom is 0.165 e. The molecule has 94 heavy (non-hydrogen) atoms. The van der Waals surface area contributed by atoms with Crippen molar-refractivity contribution < 1.29 is 29.4 Å². The first kappa shape index (κ1) is 40.6. The van der Waals surface area contributed by atoms with Crippen LogP contribution in [0.3, 0.4) is 0 Å². The molecule has 0 fully saturated rings. The van der Waals surface area contributed by atoms with E-state index in [1.54, 1.807) is 12.1 Å². The van der Waals surface area contributed by atoms with Crippen molar-refractivity contribution in [2.45, 2.75) is 0 Å². The molecule has 0 spiro atoms. The van der Waals surface area contributed by atoms with Gasteiger partial charge in [-0.2, -0.15) is 0 Å². The number of fused-ring (bicyclic) bond motifs is 12. The molecule has 0 aliphatic carbocycles. The lowest BCUT2D eigenvalue weighted by Gasteiger charge is -2.11. The largest absolute Gasteiger partial charge is 0.456 e. The highest BCUT2D eigenvalue weighted by molar-refractivity contribution is 6.18. The first-order valence-electron chi connectivity index (χ1n) is 37.4. The van der Waals surface area contributed by atoms with Crippen molar-refractivity contribution in [2.24, 2.45) is 0 Å². The number of para-hydroxylation sites is 4. The molecule has 7 heterocycles. The SMILES string of the molecule is [2H]c1c([2H])c([2H])c(-c2nc(-c3ccc(-c4ccccc4)cc3)nc(-c3ccc(-n4c5ccccc5c5cc6oc7ccccc7c6cc54)cc3)n2)c([2H])c1[2H].[2H]c1c([2H])c([2H])c(-c2nc(-c3ccc(-n4c5ccccc5c5cc6oc7ccccc7c6cc54)nc3)nc(-c3c([2H])c([2H])c([2H])c([2H])c3[2H])n2)c([2H])c1[2H]. The maximum absolute atomic E-state index is 8.69. The Labute approximate surface area is 559 Å². The first-order valence-corrected chi connectivity index (χ1v) is 29.9. The van der Waals surface area contributed by atoms with Gasteiger partial charge in [-0.1, -0.05) is 218 Å². The molecule has 0 radical (unpaired) electrons. The number of furan rings is 2. The molecule has 19 rings (SSSR count). The van der Waals surface area contributed by atoms with Gasteiger partial charge in [0, 0.05) is 88.4 Å². The van der Waals surface area contributed by atoms with Gasteiger partial charge in [0.25, 0.3) is 0 Å². The Kier molecular flexibility index (Phi) is 9.72. The summed E-state index contributed by atoms with van der Waals surface area (Å²) in [4.78, 5) is 32.5. The Morgan fingerprint density at radius 2 is 0.628 bits per heavy atom. The molecule has 0 saturated heterocycles. The van der Waals surface area contributed by atoms with Crippen molar-refractivity contribution in [1.29, 1.82) is 0 Å². The Morgan fingerprint density at radius 1 is 0.255 bits per heavy atom. The van der Waals surface area contributed by atoms with Crippen LogP contribution in [0, 0.1) is 0 Å². The second kappa shape index (κ2) is 22.5. The third kappa shape index (κ3) is 9.50. The average molecular weight is 1220 g/mol. The molecule has 440 valence electrons.